The Labute approximate surface area is 125 Å². The van der Waals surface area contributed by atoms with Gasteiger partial charge >= 0.3 is 0 Å². The second-order valence-electron chi connectivity index (χ2n) is 6.31. The summed E-state index contributed by atoms with van der Waals surface area (Å²) in [6.07, 6.45) is 3.87. The van der Waals surface area contributed by atoms with Gasteiger partial charge in [-0.05, 0) is 37.3 Å². The predicted octanol–water partition coefficient (Wildman–Crippen LogP) is 2.39. The van der Waals surface area contributed by atoms with Crippen LogP contribution in [0, 0.1) is 11.3 Å². The van der Waals surface area contributed by atoms with Crippen LogP contribution >= 0.6 is 0 Å². The number of amides is 1. The summed E-state index contributed by atoms with van der Waals surface area (Å²) in [4.78, 5) is 11.9. The fourth-order valence-electron chi connectivity index (χ4n) is 2.67. The third-order valence-corrected chi connectivity index (χ3v) is 4.40. The molecule has 1 atom stereocenters. The van der Waals surface area contributed by atoms with Crippen molar-refractivity contribution in [3.8, 4) is 5.75 Å². The molecular weight excluding hydrogens is 266 g/mol. The molecule has 0 unspecified atom stereocenters. The van der Waals surface area contributed by atoms with Gasteiger partial charge in [0.25, 0.3) is 0 Å². The van der Waals surface area contributed by atoms with Gasteiger partial charge in [0.15, 0.2) is 0 Å². The van der Waals surface area contributed by atoms with Crippen LogP contribution in [0.3, 0.4) is 0 Å². The highest BCUT2D eigenvalue weighted by atomic mass is 16.5. The molecule has 0 aromatic heterocycles. The topological polar surface area (TPSA) is 47.6 Å². The Morgan fingerprint density at radius 1 is 1.33 bits per heavy atom. The number of carbonyl (C=O) groups is 1. The van der Waals surface area contributed by atoms with Gasteiger partial charge in [0, 0.05) is 31.6 Å². The fraction of sp³-hybridized carbons (Fsp3) is 0.588. The summed E-state index contributed by atoms with van der Waals surface area (Å²) in [5.41, 5.74) is 0.150. The van der Waals surface area contributed by atoms with Crippen LogP contribution in [-0.4, -0.2) is 32.3 Å². The molecular formula is C17H23NO3. The number of rotatable bonds is 7. The van der Waals surface area contributed by atoms with E-state index in [0.717, 1.165) is 44.8 Å². The van der Waals surface area contributed by atoms with Crippen LogP contribution in [0.5, 0.6) is 5.75 Å². The van der Waals surface area contributed by atoms with E-state index in [1.54, 1.807) is 0 Å². The molecule has 1 aliphatic heterocycles. The quantitative estimate of drug-likeness (QED) is 0.838. The maximum Gasteiger partial charge on any atom is 0.220 e. The number of para-hydroxylation sites is 1. The first-order chi connectivity index (χ1) is 10.3. The third kappa shape index (κ3) is 4.21. The van der Waals surface area contributed by atoms with Crippen molar-refractivity contribution in [3.63, 3.8) is 0 Å². The van der Waals surface area contributed by atoms with Crippen LogP contribution in [-0.2, 0) is 9.53 Å². The molecule has 1 amide bonds. The lowest BCUT2D eigenvalue weighted by molar-refractivity contribution is -0.122. The summed E-state index contributed by atoms with van der Waals surface area (Å²) in [6, 6.07) is 9.86. The van der Waals surface area contributed by atoms with E-state index in [9.17, 15) is 4.79 Å². The lowest BCUT2D eigenvalue weighted by Gasteiger charge is -2.17. The van der Waals surface area contributed by atoms with Crippen LogP contribution in [0.2, 0.25) is 0 Å². The molecule has 2 aliphatic rings. The van der Waals surface area contributed by atoms with Crippen molar-refractivity contribution in [3.05, 3.63) is 30.3 Å². The Morgan fingerprint density at radius 3 is 2.81 bits per heavy atom. The molecule has 1 aromatic rings. The number of nitrogens with one attached hydrogen (secondary N) is 1. The van der Waals surface area contributed by atoms with Crippen molar-refractivity contribution in [2.75, 3.05) is 26.4 Å². The SMILES string of the molecule is O=C(C[C@@H]1CCOC1)NCC1(COc2ccccc2)CC1. The molecule has 0 radical (unpaired) electrons. The number of hydrogen-bond acceptors (Lipinski definition) is 3. The Morgan fingerprint density at radius 2 is 2.14 bits per heavy atom. The molecule has 4 heteroatoms. The Kier molecular flexibility index (Phi) is 4.44. The summed E-state index contributed by atoms with van der Waals surface area (Å²) in [6.45, 7) is 2.94. The standard InChI is InChI=1S/C17H23NO3/c19-16(10-14-6-9-20-11-14)18-12-17(7-8-17)13-21-15-4-2-1-3-5-15/h1-5,14H,6-13H2,(H,18,19)/t14-/m0/s1. The highest BCUT2D eigenvalue weighted by Crippen LogP contribution is 2.45. The van der Waals surface area contributed by atoms with Crippen molar-refractivity contribution in [1.29, 1.82) is 0 Å². The molecule has 0 spiro atoms. The molecule has 21 heavy (non-hydrogen) atoms. The zero-order chi connectivity index (χ0) is 14.5. The van der Waals surface area contributed by atoms with Crippen molar-refractivity contribution >= 4 is 5.91 Å². The second-order valence-corrected chi connectivity index (χ2v) is 6.31. The fourth-order valence-corrected chi connectivity index (χ4v) is 2.67. The van der Waals surface area contributed by atoms with Gasteiger partial charge in [-0.2, -0.15) is 0 Å². The van der Waals surface area contributed by atoms with Gasteiger partial charge in [-0.15, -0.1) is 0 Å². The zero-order valence-corrected chi connectivity index (χ0v) is 12.3. The minimum absolute atomic E-state index is 0.150. The minimum atomic E-state index is 0.150. The van der Waals surface area contributed by atoms with Gasteiger partial charge in [0.05, 0.1) is 6.61 Å². The molecule has 114 valence electrons. The average molecular weight is 289 g/mol. The molecule has 1 N–H and O–H groups in total. The summed E-state index contributed by atoms with van der Waals surface area (Å²) in [5.74, 6) is 1.45. The lowest BCUT2D eigenvalue weighted by atomic mass is 10.0. The van der Waals surface area contributed by atoms with E-state index in [-0.39, 0.29) is 11.3 Å². The van der Waals surface area contributed by atoms with E-state index in [1.807, 2.05) is 30.3 Å². The van der Waals surface area contributed by atoms with Gasteiger partial charge in [0.1, 0.15) is 5.75 Å². The van der Waals surface area contributed by atoms with Crippen LogP contribution in [0.1, 0.15) is 25.7 Å². The van der Waals surface area contributed by atoms with Gasteiger partial charge in [-0.25, -0.2) is 0 Å². The van der Waals surface area contributed by atoms with Crippen molar-refractivity contribution < 1.29 is 14.3 Å². The van der Waals surface area contributed by atoms with Crippen molar-refractivity contribution in [2.24, 2.45) is 11.3 Å². The van der Waals surface area contributed by atoms with E-state index in [1.165, 1.54) is 0 Å². The predicted molar refractivity (Wildman–Crippen MR) is 80.2 cm³/mol. The van der Waals surface area contributed by atoms with E-state index in [0.29, 0.717) is 18.9 Å². The van der Waals surface area contributed by atoms with Crippen molar-refractivity contribution in [1.82, 2.24) is 5.32 Å². The van der Waals surface area contributed by atoms with E-state index in [4.69, 9.17) is 9.47 Å². The molecule has 1 saturated heterocycles. The molecule has 1 heterocycles. The molecule has 1 aliphatic carbocycles. The molecule has 3 rings (SSSR count). The summed E-state index contributed by atoms with van der Waals surface area (Å²) >= 11 is 0. The van der Waals surface area contributed by atoms with E-state index in [2.05, 4.69) is 5.32 Å². The maximum atomic E-state index is 11.9. The number of hydrogen-bond donors (Lipinski definition) is 1. The Bertz CT molecular complexity index is 464. The molecule has 0 bridgehead atoms. The highest BCUT2D eigenvalue weighted by Gasteiger charge is 2.43. The van der Waals surface area contributed by atoms with Crippen molar-refractivity contribution in [2.45, 2.75) is 25.7 Å². The Balaban J connectivity index is 1.39. The number of ether oxygens (including phenoxy) is 2. The molecule has 1 saturated carbocycles. The molecule has 1 aromatic carbocycles. The normalized spacial score (nSPS) is 22.8. The number of benzene rings is 1. The maximum absolute atomic E-state index is 11.9. The van der Waals surface area contributed by atoms with Crippen LogP contribution < -0.4 is 10.1 Å². The van der Waals surface area contributed by atoms with Crippen LogP contribution in [0.15, 0.2) is 30.3 Å². The lowest BCUT2D eigenvalue weighted by Crippen LogP contribution is -2.34. The smallest absolute Gasteiger partial charge is 0.220 e. The monoisotopic (exact) mass is 289 g/mol. The minimum Gasteiger partial charge on any atom is -0.493 e. The van der Waals surface area contributed by atoms with Crippen LogP contribution in [0.25, 0.3) is 0 Å². The number of carbonyl (C=O) groups excluding carboxylic acids is 1. The Hall–Kier alpha value is -1.55. The summed E-state index contributed by atoms with van der Waals surface area (Å²) < 4.78 is 11.1. The first-order valence-electron chi connectivity index (χ1n) is 7.78. The average Bonchev–Trinajstić information content (AvgIpc) is 3.11. The van der Waals surface area contributed by atoms with Gasteiger partial charge < -0.3 is 14.8 Å². The molecule has 2 fully saturated rings. The van der Waals surface area contributed by atoms with E-state index >= 15 is 0 Å². The largest absolute Gasteiger partial charge is 0.493 e. The van der Waals surface area contributed by atoms with Gasteiger partial charge in [-0.3, -0.25) is 4.79 Å². The summed E-state index contributed by atoms with van der Waals surface area (Å²) in [7, 11) is 0. The van der Waals surface area contributed by atoms with Crippen LogP contribution in [0.4, 0.5) is 0 Å². The zero-order valence-electron chi connectivity index (χ0n) is 12.3. The van der Waals surface area contributed by atoms with Gasteiger partial charge in [0.2, 0.25) is 5.91 Å². The first-order valence-corrected chi connectivity index (χ1v) is 7.78. The molecule has 4 nitrogen and oxygen atoms in total. The highest BCUT2D eigenvalue weighted by molar-refractivity contribution is 5.76. The third-order valence-electron chi connectivity index (χ3n) is 4.40. The van der Waals surface area contributed by atoms with Gasteiger partial charge in [-0.1, -0.05) is 18.2 Å². The summed E-state index contributed by atoms with van der Waals surface area (Å²) in [5, 5.41) is 3.07. The second kappa shape index (κ2) is 6.48. The first kappa shape index (κ1) is 14.4. The van der Waals surface area contributed by atoms with E-state index < -0.39 is 0 Å².